The lowest BCUT2D eigenvalue weighted by Crippen LogP contribution is -2.06. The van der Waals surface area contributed by atoms with E-state index in [0.717, 1.165) is 5.56 Å². The minimum atomic E-state index is 0.0521. The molecule has 2 aliphatic carbocycles. The Morgan fingerprint density at radius 3 is 2.25 bits per heavy atom. The van der Waals surface area contributed by atoms with E-state index in [1.54, 1.807) is 6.07 Å². The zero-order valence-electron chi connectivity index (χ0n) is 9.71. The monoisotopic (exact) mass is 218 g/mol. The summed E-state index contributed by atoms with van der Waals surface area (Å²) in [5.41, 5.74) is 2.20. The Kier molecular flexibility index (Phi) is 2.70. The van der Waals surface area contributed by atoms with Crippen molar-refractivity contribution in [3.63, 3.8) is 0 Å². The molecule has 0 saturated heterocycles. The topological polar surface area (TPSA) is 0 Å². The molecule has 0 unspecified atom stereocenters. The first-order valence-corrected chi connectivity index (χ1v) is 6.64. The van der Waals surface area contributed by atoms with Crippen LogP contribution in [0.15, 0.2) is 18.2 Å². The maximum absolute atomic E-state index is 14.0. The van der Waals surface area contributed by atoms with Crippen LogP contribution in [-0.2, 0) is 0 Å². The van der Waals surface area contributed by atoms with E-state index < -0.39 is 0 Å². The van der Waals surface area contributed by atoms with Crippen molar-refractivity contribution in [2.24, 2.45) is 0 Å². The molecular formula is C15H19F. The largest absolute Gasteiger partial charge is 0.207 e. The minimum Gasteiger partial charge on any atom is -0.207 e. The summed E-state index contributed by atoms with van der Waals surface area (Å²) in [7, 11) is 0. The van der Waals surface area contributed by atoms with Gasteiger partial charge < -0.3 is 0 Å². The van der Waals surface area contributed by atoms with Crippen molar-refractivity contribution >= 4 is 0 Å². The quantitative estimate of drug-likeness (QED) is 0.672. The molecule has 1 aromatic carbocycles. The highest BCUT2D eigenvalue weighted by Gasteiger charge is 2.25. The lowest BCUT2D eigenvalue weighted by Gasteiger charge is -2.22. The molecule has 0 aliphatic heterocycles. The van der Waals surface area contributed by atoms with Crippen LogP contribution >= 0.6 is 0 Å². The van der Waals surface area contributed by atoms with Crippen LogP contribution in [0.1, 0.15) is 67.9 Å². The molecular weight excluding hydrogens is 199 g/mol. The Morgan fingerprint density at radius 2 is 1.62 bits per heavy atom. The Hall–Kier alpha value is -0.850. The summed E-state index contributed by atoms with van der Waals surface area (Å²) in [4.78, 5) is 0. The number of benzene rings is 1. The molecule has 2 saturated carbocycles. The Balaban J connectivity index is 1.83. The van der Waals surface area contributed by atoms with Gasteiger partial charge in [-0.25, -0.2) is 4.39 Å². The lowest BCUT2D eigenvalue weighted by atomic mass is 9.83. The molecule has 86 valence electrons. The van der Waals surface area contributed by atoms with E-state index in [0.29, 0.717) is 11.8 Å². The molecule has 0 bridgehead atoms. The normalized spacial score (nSPS) is 22.3. The summed E-state index contributed by atoms with van der Waals surface area (Å²) in [6.45, 7) is 0. The Labute approximate surface area is 96.9 Å². The summed E-state index contributed by atoms with van der Waals surface area (Å²) < 4.78 is 14.0. The number of hydrogen-bond donors (Lipinski definition) is 0. The number of hydrogen-bond acceptors (Lipinski definition) is 0. The SMILES string of the molecule is Fc1cc(C2CC2)ccc1C1CCCCC1. The van der Waals surface area contributed by atoms with E-state index in [-0.39, 0.29) is 5.82 Å². The number of rotatable bonds is 2. The smallest absolute Gasteiger partial charge is 0.126 e. The van der Waals surface area contributed by atoms with Gasteiger partial charge in [-0.2, -0.15) is 0 Å². The Bertz CT molecular complexity index is 373. The van der Waals surface area contributed by atoms with Gasteiger partial charge in [-0.1, -0.05) is 31.4 Å². The second-order valence-corrected chi connectivity index (χ2v) is 5.39. The van der Waals surface area contributed by atoms with Gasteiger partial charge in [-0.05, 0) is 54.7 Å². The van der Waals surface area contributed by atoms with Crippen molar-refractivity contribution in [2.75, 3.05) is 0 Å². The summed E-state index contributed by atoms with van der Waals surface area (Å²) in [6, 6.07) is 6.01. The third kappa shape index (κ3) is 2.00. The van der Waals surface area contributed by atoms with Crippen molar-refractivity contribution in [1.29, 1.82) is 0 Å². The third-order valence-electron chi connectivity index (χ3n) is 4.12. The van der Waals surface area contributed by atoms with Gasteiger partial charge in [0.2, 0.25) is 0 Å². The molecule has 0 N–H and O–H groups in total. The first-order chi connectivity index (χ1) is 7.84. The predicted octanol–water partition coefficient (Wildman–Crippen LogP) is 4.75. The maximum atomic E-state index is 14.0. The van der Waals surface area contributed by atoms with Crippen LogP contribution in [0.2, 0.25) is 0 Å². The maximum Gasteiger partial charge on any atom is 0.126 e. The fourth-order valence-electron chi connectivity index (χ4n) is 2.96. The summed E-state index contributed by atoms with van der Waals surface area (Å²) in [5.74, 6) is 1.20. The van der Waals surface area contributed by atoms with Crippen molar-refractivity contribution in [3.8, 4) is 0 Å². The fourth-order valence-corrected chi connectivity index (χ4v) is 2.96. The fraction of sp³-hybridized carbons (Fsp3) is 0.600. The van der Waals surface area contributed by atoms with Gasteiger partial charge in [0.15, 0.2) is 0 Å². The van der Waals surface area contributed by atoms with Crippen LogP contribution in [0.4, 0.5) is 4.39 Å². The van der Waals surface area contributed by atoms with Gasteiger partial charge in [0.05, 0.1) is 0 Å². The van der Waals surface area contributed by atoms with Crippen LogP contribution in [0.5, 0.6) is 0 Å². The van der Waals surface area contributed by atoms with Crippen LogP contribution < -0.4 is 0 Å². The average molecular weight is 218 g/mol. The molecule has 2 fully saturated rings. The third-order valence-corrected chi connectivity index (χ3v) is 4.12. The average Bonchev–Trinajstić information content (AvgIpc) is 3.14. The molecule has 16 heavy (non-hydrogen) atoms. The van der Waals surface area contributed by atoms with Crippen molar-refractivity contribution in [1.82, 2.24) is 0 Å². The van der Waals surface area contributed by atoms with Gasteiger partial charge in [0.25, 0.3) is 0 Å². The molecule has 0 atom stereocenters. The minimum absolute atomic E-state index is 0.0521. The van der Waals surface area contributed by atoms with Crippen molar-refractivity contribution in [3.05, 3.63) is 35.1 Å². The molecule has 1 heteroatoms. The highest BCUT2D eigenvalue weighted by Crippen LogP contribution is 2.41. The van der Waals surface area contributed by atoms with Gasteiger partial charge in [0, 0.05) is 0 Å². The summed E-state index contributed by atoms with van der Waals surface area (Å²) in [5, 5.41) is 0. The van der Waals surface area contributed by atoms with Crippen LogP contribution in [0.25, 0.3) is 0 Å². The van der Waals surface area contributed by atoms with Crippen molar-refractivity contribution in [2.45, 2.75) is 56.8 Å². The first kappa shape index (κ1) is 10.3. The highest BCUT2D eigenvalue weighted by atomic mass is 19.1. The first-order valence-electron chi connectivity index (χ1n) is 6.64. The molecule has 3 rings (SSSR count). The van der Waals surface area contributed by atoms with E-state index in [9.17, 15) is 4.39 Å². The second kappa shape index (κ2) is 4.20. The highest BCUT2D eigenvalue weighted by molar-refractivity contribution is 5.31. The molecule has 0 nitrogen and oxygen atoms in total. The molecule has 2 aliphatic rings. The zero-order chi connectivity index (χ0) is 11.0. The van der Waals surface area contributed by atoms with Crippen LogP contribution in [0.3, 0.4) is 0 Å². The molecule has 1 aromatic rings. The van der Waals surface area contributed by atoms with Crippen LogP contribution in [0, 0.1) is 5.82 Å². The van der Waals surface area contributed by atoms with E-state index in [1.807, 2.05) is 0 Å². The second-order valence-electron chi connectivity index (χ2n) is 5.39. The molecule has 0 aromatic heterocycles. The summed E-state index contributed by atoms with van der Waals surface area (Å²) >= 11 is 0. The zero-order valence-corrected chi connectivity index (χ0v) is 9.71. The summed E-state index contributed by atoms with van der Waals surface area (Å²) in [6.07, 6.45) is 8.74. The van der Waals surface area contributed by atoms with Gasteiger partial charge in [0.1, 0.15) is 5.82 Å². The van der Waals surface area contributed by atoms with E-state index in [1.165, 1.54) is 50.5 Å². The Morgan fingerprint density at radius 1 is 0.875 bits per heavy atom. The van der Waals surface area contributed by atoms with Gasteiger partial charge in [-0.15, -0.1) is 0 Å². The molecule has 0 radical (unpaired) electrons. The predicted molar refractivity (Wildman–Crippen MR) is 64.2 cm³/mol. The van der Waals surface area contributed by atoms with Gasteiger partial charge in [-0.3, -0.25) is 0 Å². The van der Waals surface area contributed by atoms with Crippen LogP contribution in [-0.4, -0.2) is 0 Å². The number of halogens is 1. The molecule has 0 amide bonds. The molecule has 0 spiro atoms. The molecule has 0 heterocycles. The lowest BCUT2D eigenvalue weighted by molar-refractivity contribution is 0.429. The van der Waals surface area contributed by atoms with E-state index in [4.69, 9.17) is 0 Å². The standard InChI is InChI=1S/C15H19F/c16-15-10-13(11-6-7-11)8-9-14(15)12-4-2-1-3-5-12/h8-12H,1-7H2. The van der Waals surface area contributed by atoms with Gasteiger partial charge >= 0.3 is 0 Å². The van der Waals surface area contributed by atoms with Crippen molar-refractivity contribution < 1.29 is 4.39 Å². The van der Waals surface area contributed by atoms with E-state index >= 15 is 0 Å². The van der Waals surface area contributed by atoms with E-state index in [2.05, 4.69) is 12.1 Å².